The lowest BCUT2D eigenvalue weighted by Gasteiger charge is -2.06. The lowest BCUT2D eigenvalue weighted by atomic mass is 10.1. The van der Waals surface area contributed by atoms with Crippen LogP contribution in [-0.2, 0) is 4.74 Å². The number of hydrogen-bond donors (Lipinski definition) is 1. The molecule has 0 spiro atoms. The zero-order valence-corrected chi connectivity index (χ0v) is 9.64. The summed E-state index contributed by atoms with van der Waals surface area (Å²) in [6.07, 6.45) is 0. The van der Waals surface area contributed by atoms with Crippen LogP contribution in [0.15, 0.2) is 29.4 Å². The van der Waals surface area contributed by atoms with Gasteiger partial charge in [0.05, 0.1) is 12.3 Å². The molecule has 1 aromatic carbocycles. The molecule has 0 saturated carbocycles. The van der Waals surface area contributed by atoms with Gasteiger partial charge in [0.2, 0.25) is 0 Å². The fourth-order valence-electron chi connectivity index (χ4n) is 1.21. The van der Waals surface area contributed by atoms with Gasteiger partial charge in [-0.2, -0.15) is 0 Å². The topological polar surface area (TPSA) is 51.0 Å². The smallest absolute Gasteiger partial charge is 0.119 e. The third kappa shape index (κ3) is 3.90. The molecule has 0 saturated heterocycles. The summed E-state index contributed by atoms with van der Waals surface area (Å²) in [6, 6.07) is 7.39. The van der Waals surface area contributed by atoms with Crippen molar-refractivity contribution in [2.75, 3.05) is 19.8 Å². The maximum absolute atomic E-state index is 8.60. The second-order valence-electron chi connectivity index (χ2n) is 3.26. The summed E-state index contributed by atoms with van der Waals surface area (Å²) in [4.78, 5) is 0. The standard InChI is InChI=1S/C12H17NO3/c1-3-15-8-9-16-12-6-4-11(5-7-12)10(2)13-14/h4-7,14H,3,8-9H2,1-2H3. The van der Waals surface area contributed by atoms with E-state index < -0.39 is 0 Å². The van der Waals surface area contributed by atoms with Gasteiger partial charge in [-0.3, -0.25) is 0 Å². The molecule has 0 unspecified atom stereocenters. The van der Waals surface area contributed by atoms with Gasteiger partial charge in [-0.05, 0) is 43.7 Å². The fourth-order valence-corrected chi connectivity index (χ4v) is 1.21. The van der Waals surface area contributed by atoms with Crippen LogP contribution in [0.2, 0.25) is 0 Å². The molecule has 0 fully saturated rings. The van der Waals surface area contributed by atoms with Crippen LogP contribution in [-0.4, -0.2) is 30.7 Å². The van der Waals surface area contributed by atoms with E-state index in [1.807, 2.05) is 31.2 Å². The fraction of sp³-hybridized carbons (Fsp3) is 0.417. The van der Waals surface area contributed by atoms with Crippen molar-refractivity contribution in [3.63, 3.8) is 0 Å². The SMILES string of the molecule is CCOCCOc1ccc(C(C)=NO)cc1. The summed E-state index contributed by atoms with van der Waals surface area (Å²) in [5.74, 6) is 0.786. The van der Waals surface area contributed by atoms with Crippen LogP contribution in [0.25, 0.3) is 0 Å². The number of oxime groups is 1. The van der Waals surface area contributed by atoms with E-state index >= 15 is 0 Å². The number of rotatable bonds is 6. The average molecular weight is 223 g/mol. The van der Waals surface area contributed by atoms with Crippen molar-refractivity contribution in [3.05, 3.63) is 29.8 Å². The molecule has 4 nitrogen and oxygen atoms in total. The Labute approximate surface area is 95.5 Å². The Morgan fingerprint density at radius 3 is 2.50 bits per heavy atom. The van der Waals surface area contributed by atoms with Crippen molar-refractivity contribution in [2.45, 2.75) is 13.8 Å². The van der Waals surface area contributed by atoms with Crippen LogP contribution < -0.4 is 4.74 Å². The van der Waals surface area contributed by atoms with Gasteiger partial charge in [-0.25, -0.2) is 0 Å². The van der Waals surface area contributed by atoms with Crippen LogP contribution in [0.1, 0.15) is 19.4 Å². The predicted molar refractivity (Wildman–Crippen MR) is 62.4 cm³/mol. The van der Waals surface area contributed by atoms with Gasteiger partial charge in [0.15, 0.2) is 0 Å². The molecule has 1 N–H and O–H groups in total. The van der Waals surface area contributed by atoms with Crippen molar-refractivity contribution in [1.82, 2.24) is 0 Å². The van der Waals surface area contributed by atoms with Crippen molar-refractivity contribution in [3.8, 4) is 5.75 Å². The van der Waals surface area contributed by atoms with Crippen LogP contribution in [0.4, 0.5) is 0 Å². The van der Waals surface area contributed by atoms with Crippen LogP contribution in [0.5, 0.6) is 5.75 Å². The van der Waals surface area contributed by atoms with Gasteiger partial charge in [-0.1, -0.05) is 5.16 Å². The van der Waals surface area contributed by atoms with Crippen LogP contribution in [0, 0.1) is 0 Å². The summed E-state index contributed by atoms with van der Waals surface area (Å²) < 4.78 is 10.6. The van der Waals surface area contributed by atoms with Crippen molar-refractivity contribution in [1.29, 1.82) is 0 Å². The monoisotopic (exact) mass is 223 g/mol. The van der Waals surface area contributed by atoms with E-state index in [-0.39, 0.29) is 0 Å². The summed E-state index contributed by atoms with van der Waals surface area (Å²) >= 11 is 0. The van der Waals surface area contributed by atoms with Gasteiger partial charge in [0.1, 0.15) is 12.4 Å². The molecule has 0 bridgehead atoms. The molecule has 0 aliphatic heterocycles. The molecule has 0 aliphatic carbocycles. The Morgan fingerprint density at radius 1 is 1.25 bits per heavy atom. The molecule has 0 aromatic heterocycles. The molecule has 0 atom stereocenters. The van der Waals surface area contributed by atoms with Gasteiger partial charge < -0.3 is 14.7 Å². The molecule has 1 aromatic rings. The second-order valence-corrected chi connectivity index (χ2v) is 3.26. The number of nitrogens with zero attached hydrogens (tertiary/aromatic N) is 1. The van der Waals surface area contributed by atoms with Crippen LogP contribution in [0.3, 0.4) is 0 Å². The molecule has 16 heavy (non-hydrogen) atoms. The van der Waals surface area contributed by atoms with E-state index in [2.05, 4.69) is 5.16 Å². The molecule has 0 aliphatic rings. The molecule has 88 valence electrons. The summed E-state index contributed by atoms with van der Waals surface area (Å²) in [6.45, 7) is 5.53. The summed E-state index contributed by atoms with van der Waals surface area (Å²) in [7, 11) is 0. The van der Waals surface area contributed by atoms with Gasteiger partial charge >= 0.3 is 0 Å². The first-order valence-corrected chi connectivity index (χ1v) is 5.27. The third-order valence-electron chi connectivity index (χ3n) is 2.12. The number of benzene rings is 1. The minimum atomic E-state index is 0.542. The quantitative estimate of drug-likeness (QED) is 0.348. The zero-order valence-electron chi connectivity index (χ0n) is 9.64. The van der Waals surface area contributed by atoms with E-state index in [1.165, 1.54) is 0 Å². The van der Waals surface area contributed by atoms with Gasteiger partial charge in [0.25, 0.3) is 0 Å². The number of hydrogen-bond acceptors (Lipinski definition) is 4. The predicted octanol–water partition coefficient (Wildman–Crippen LogP) is 2.30. The Morgan fingerprint density at radius 2 is 1.94 bits per heavy atom. The first-order chi connectivity index (χ1) is 7.77. The molecule has 0 heterocycles. The minimum Gasteiger partial charge on any atom is -0.491 e. The normalized spacial score (nSPS) is 11.5. The Bertz CT molecular complexity index is 333. The lowest BCUT2D eigenvalue weighted by Crippen LogP contribution is -2.06. The highest BCUT2D eigenvalue weighted by Crippen LogP contribution is 2.12. The highest BCUT2D eigenvalue weighted by Gasteiger charge is 1.98. The highest BCUT2D eigenvalue weighted by atomic mass is 16.5. The zero-order chi connectivity index (χ0) is 11.8. The lowest BCUT2D eigenvalue weighted by molar-refractivity contribution is 0.110. The van der Waals surface area contributed by atoms with Crippen molar-refractivity contribution >= 4 is 5.71 Å². The first kappa shape index (κ1) is 12.5. The summed E-state index contributed by atoms with van der Waals surface area (Å²) in [5.41, 5.74) is 1.46. The van der Waals surface area contributed by atoms with Crippen molar-refractivity contribution in [2.24, 2.45) is 5.16 Å². The molecule has 0 radical (unpaired) electrons. The molecular formula is C12H17NO3. The Hall–Kier alpha value is -1.55. The van der Waals surface area contributed by atoms with E-state index in [9.17, 15) is 0 Å². The number of ether oxygens (including phenoxy) is 2. The largest absolute Gasteiger partial charge is 0.491 e. The van der Waals surface area contributed by atoms with E-state index in [0.717, 1.165) is 11.3 Å². The molecule has 0 amide bonds. The minimum absolute atomic E-state index is 0.542. The van der Waals surface area contributed by atoms with Gasteiger partial charge in [0, 0.05) is 6.61 Å². The van der Waals surface area contributed by atoms with Crippen LogP contribution >= 0.6 is 0 Å². The second kappa shape index (κ2) is 6.85. The first-order valence-electron chi connectivity index (χ1n) is 5.27. The Balaban J connectivity index is 2.45. The average Bonchev–Trinajstić information content (AvgIpc) is 2.34. The maximum atomic E-state index is 8.60. The van der Waals surface area contributed by atoms with E-state index in [4.69, 9.17) is 14.7 Å². The summed E-state index contributed by atoms with van der Waals surface area (Å²) in [5, 5.41) is 11.7. The highest BCUT2D eigenvalue weighted by molar-refractivity contribution is 5.98. The maximum Gasteiger partial charge on any atom is 0.119 e. The van der Waals surface area contributed by atoms with Crippen molar-refractivity contribution < 1.29 is 14.7 Å². The third-order valence-corrected chi connectivity index (χ3v) is 2.12. The Kier molecular flexibility index (Phi) is 5.36. The molecular weight excluding hydrogens is 206 g/mol. The molecule has 1 rings (SSSR count). The van der Waals surface area contributed by atoms with E-state index in [1.54, 1.807) is 6.92 Å². The van der Waals surface area contributed by atoms with Gasteiger partial charge in [-0.15, -0.1) is 0 Å². The van der Waals surface area contributed by atoms with E-state index in [0.29, 0.717) is 25.5 Å². The molecule has 4 heteroatoms.